The van der Waals surface area contributed by atoms with E-state index >= 15 is 0 Å². The zero-order chi connectivity index (χ0) is 22.7. The van der Waals surface area contributed by atoms with Crippen LogP contribution in [0, 0.1) is 13.8 Å². The minimum atomic E-state index is -0.157. The maximum absolute atomic E-state index is 12.6. The summed E-state index contributed by atoms with van der Waals surface area (Å²) in [5.74, 6) is -0.0775. The molecule has 2 heterocycles. The molecule has 0 aliphatic heterocycles. The number of amides is 1. The van der Waals surface area contributed by atoms with Crippen LogP contribution in [0.3, 0.4) is 0 Å². The summed E-state index contributed by atoms with van der Waals surface area (Å²) in [6, 6.07) is 18.2. The summed E-state index contributed by atoms with van der Waals surface area (Å²) < 4.78 is 1.68. The van der Waals surface area contributed by atoms with Crippen LogP contribution in [0.4, 0.5) is 0 Å². The van der Waals surface area contributed by atoms with Gasteiger partial charge in [-0.25, -0.2) is 0 Å². The lowest BCUT2D eigenvalue weighted by atomic mass is 10.0. The van der Waals surface area contributed by atoms with Gasteiger partial charge in [0.1, 0.15) is 5.65 Å². The number of benzene rings is 2. The van der Waals surface area contributed by atoms with E-state index < -0.39 is 0 Å². The fraction of sp³-hybridized carbons (Fsp3) is 0.240. The Hall–Kier alpha value is -3.32. The highest BCUT2D eigenvalue weighted by Gasteiger charge is 2.16. The average molecular weight is 447 g/mol. The van der Waals surface area contributed by atoms with Gasteiger partial charge >= 0.3 is 0 Å². The monoisotopic (exact) mass is 446 g/mol. The second kappa shape index (κ2) is 9.44. The van der Waals surface area contributed by atoms with Crippen molar-refractivity contribution >= 4 is 28.7 Å². The van der Waals surface area contributed by atoms with Crippen molar-refractivity contribution in [2.75, 3.05) is 0 Å². The van der Waals surface area contributed by atoms with Crippen molar-refractivity contribution in [2.45, 2.75) is 43.0 Å². The van der Waals surface area contributed by atoms with Crippen LogP contribution in [0.25, 0.3) is 11.0 Å². The summed E-state index contributed by atoms with van der Waals surface area (Å²) in [7, 11) is 1.81. The van der Waals surface area contributed by atoms with Crippen LogP contribution in [0.15, 0.2) is 69.2 Å². The highest BCUT2D eigenvalue weighted by Crippen LogP contribution is 2.30. The number of nitrogens with one attached hydrogen (secondary N) is 2. The summed E-state index contributed by atoms with van der Waals surface area (Å²) in [6.07, 6.45) is 0.639. The van der Waals surface area contributed by atoms with Gasteiger partial charge in [0.05, 0.1) is 5.69 Å². The molecule has 2 aromatic heterocycles. The van der Waals surface area contributed by atoms with Crippen molar-refractivity contribution in [2.24, 2.45) is 7.05 Å². The molecule has 0 saturated heterocycles. The number of hydrogen-bond donors (Lipinski definition) is 2. The third-order valence-corrected chi connectivity index (χ3v) is 6.70. The summed E-state index contributed by atoms with van der Waals surface area (Å²) in [6.45, 7) is 4.30. The van der Waals surface area contributed by atoms with Crippen LogP contribution in [0.5, 0.6) is 0 Å². The number of rotatable bonds is 7. The number of carbonyl (C=O) groups excluding carboxylic acids is 1. The Morgan fingerprint density at radius 2 is 1.81 bits per heavy atom. The number of carbonyl (C=O) groups is 1. The first kappa shape index (κ1) is 21.9. The van der Waals surface area contributed by atoms with Gasteiger partial charge in [-0.05, 0) is 49.6 Å². The quantitative estimate of drug-likeness (QED) is 0.444. The molecule has 0 aliphatic rings. The van der Waals surface area contributed by atoms with Crippen molar-refractivity contribution in [3.63, 3.8) is 0 Å². The molecule has 6 nitrogen and oxygen atoms in total. The van der Waals surface area contributed by atoms with Crippen LogP contribution in [0.1, 0.15) is 28.8 Å². The molecule has 2 N–H and O–H groups in total. The number of pyridine rings is 1. The SMILES string of the molecule is Cc1nn(C)c2[nH]c(=O)c(CCC(=O)NCc3ccccc3Sc3ccccc3)c(C)c12. The van der Waals surface area contributed by atoms with Crippen molar-refractivity contribution in [3.8, 4) is 0 Å². The van der Waals surface area contributed by atoms with Gasteiger partial charge in [0.25, 0.3) is 5.56 Å². The number of aryl methyl sites for hydroxylation is 3. The minimum Gasteiger partial charge on any atom is -0.352 e. The van der Waals surface area contributed by atoms with Gasteiger partial charge < -0.3 is 10.3 Å². The molecule has 0 radical (unpaired) electrons. The number of nitrogens with zero attached hydrogens (tertiary/aromatic N) is 2. The lowest BCUT2D eigenvalue weighted by Crippen LogP contribution is -2.25. The molecule has 1 amide bonds. The van der Waals surface area contributed by atoms with Gasteiger partial charge in [-0.2, -0.15) is 5.10 Å². The van der Waals surface area contributed by atoms with Crippen LogP contribution in [-0.4, -0.2) is 20.7 Å². The molecule has 0 saturated carbocycles. The fourth-order valence-corrected chi connectivity index (χ4v) is 4.91. The van der Waals surface area contributed by atoms with Gasteiger partial charge in [0.2, 0.25) is 5.91 Å². The molecule has 0 spiro atoms. The first-order chi connectivity index (χ1) is 15.4. The Morgan fingerprint density at radius 1 is 1.09 bits per heavy atom. The van der Waals surface area contributed by atoms with E-state index in [1.807, 2.05) is 57.3 Å². The van der Waals surface area contributed by atoms with E-state index in [2.05, 4.69) is 33.6 Å². The van der Waals surface area contributed by atoms with E-state index in [-0.39, 0.29) is 17.9 Å². The van der Waals surface area contributed by atoms with Gasteiger partial charge in [-0.1, -0.05) is 48.2 Å². The number of aromatic nitrogens is 3. The largest absolute Gasteiger partial charge is 0.352 e. The van der Waals surface area contributed by atoms with Crippen LogP contribution in [0.2, 0.25) is 0 Å². The Bertz CT molecular complexity index is 1330. The first-order valence-corrected chi connectivity index (χ1v) is 11.4. The highest BCUT2D eigenvalue weighted by atomic mass is 32.2. The van der Waals surface area contributed by atoms with Crippen molar-refractivity contribution in [1.29, 1.82) is 0 Å². The second-order valence-electron chi connectivity index (χ2n) is 7.79. The molecule has 0 aliphatic carbocycles. The molecule has 0 bridgehead atoms. The standard InChI is InChI=1S/C25H26N4O2S/c1-16-20(25(31)27-24-23(16)17(2)28-29(24)3)13-14-22(30)26-15-18-9-7-8-12-21(18)32-19-10-5-4-6-11-19/h4-12H,13-15H2,1-3H3,(H,26,30)(H,27,31). The van der Waals surface area contributed by atoms with Crippen molar-refractivity contribution in [3.05, 3.63) is 87.3 Å². The van der Waals surface area contributed by atoms with Gasteiger partial charge in [0, 0.05) is 40.8 Å². The summed E-state index contributed by atoms with van der Waals surface area (Å²) in [5, 5.41) is 8.35. The fourth-order valence-electron chi connectivity index (χ4n) is 3.94. The maximum atomic E-state index is 12.6. The zero-order valence-corrected chi connectivity index (χ0v) is 19.3. The van der Waals surface area contributed by atoms with Crippen molar-refractivity contribution < 1.29 is 4.79 Å². The third-order valence-electron chi connectivity index (χ3n) is 5.58. The average Bonchev–Trinajstić information content (AvgIpc) is 3.06. The molecule has 4 rings (SSSR count). The number of H-pyrrole nitrogens is 1. The predicted molar refractivity (Wildman–Crippen MR) is 128 cm³/mol. The molecule has 32 heavy (non-hydrogen) atoms. The van der Waals surface area contributed by atoms with E-state index in [1.54, 1.807) is 16.4 Å². The number of fused-ring (bicyclic) bond motifs is 1. The summed E-state index contributed by atoms with van der Waals surface area (Å²) in [4.78, 5) is 30.3. The maximum Gasteiger partial charge on any atom is 0.253 e. The van der Waals surface area contributed by atoms with Gasteiger partial charge in [-0.3, -0.25) is 14.3 Å². The molecule has 0 unspecified atom stereocenters. The van der Waals surface area contributed by atoms with Crippen molar-refractivity contribution in [1.82, 2.24) is 20.1 Å². The molecule has 0 atom stereocenters. The Balaban J connectivity index is 1.42. The Kier molecular flexibility index (Phi) is 6.46. The smallest absolute Gasteiger partial charge is 0.253 e. The van der Waals surface area contributed by atoms with Crippen LogP contribution >= 0.6 is 11.8 Å². The molecular weight excluding hydrogens is 420 g/mol. The molecular formula is C25H26N4O2S. The minimum absolute atomic E-state index is 0.0775. The summed E-state index contributed by atoms with van der Waals surface area (Å²) in [5.41, 5.74) is 4.03. The normalized spacial score (nSPS) is 11.1. The number of hydrogen-bond acceptors (Lipinski definition) is 4. The van der Waals surface area contributed by atoms with Gasteiger partial charge in [-0.15, -0.1) is 0 Å². The van der Waals surface area contributed by atoms with E-state index in [4.69, 9.17) is 0 Å². The zero-order valence-electron chi connectivity index (χ0n) is 18.4. The Labute approximate surface area is 191 Å². The predicted octanol–water partition coefficient (Wildman–Crippen LogP) is 4.28. The third kappa shape index (κ3) is 4.62. The molecule has 0 fully saturated rings. The Morgan fingerprint density at radius 3 is 2.59 bits per heavy atom. The van der Waals surface area contributed by atoms with E-state index in [0.717, 1.165) is 32.0 Å². The van der Waals surface area contributed by atoms with Gasteiger partial charge in [0.15, 0.2) is 0 Å². The lowest BCUT2D eigenvalue weighted by molar-refractivity contribution is -0.121. The van der Waals surface area contributed by atoms with E-state index in [9.17, 15) is 9.59 Å². The van der Waals surface area contributed by atoms with Crippen LogP contribution in [-0.2, 0) is 24.8 Å². The first-order valence-electron chi connectivity index (χ1n) is 10.6. The molecule has 7 heteroatoms. The highest BCUT2D eigenvalue weighted by molar-refractivity contribution is 7.99. The van der Waals surface area contributed by atoms with E-state index in [1.165, 1.54) is 0 Å². The second-order valence-corrected chi connectivity index (χ2v) is 8.91. The lowest BCUT2D eigenvalue weighted by Gasteiger charge is -2.11. The van der Waals surface area contributed by atoms with E-state index in [0.29, 0.717) is 24.2 Å². The molecule has 4 aromatic rings. The molecule has 2 aromatic carbocycles. The molecule has 164 valence electrons. The summed E-state index contributed by atoms with van der Waals surface area (Å²) >= 11 is 1.68. The topological polar surface area (TPSA) is 79.8 Å². The van der Waals surface area contributed by atoms with Crippen LogP contribution < -0.4 is 10.9 Å². The number of aromatic amines is 1.